The van der Waals surface area contributed by atoms with Crippen molar-refractivity contribution in [2.75, 3.05) is 11.5 Å². The molecule has 0 aliphatic carbocycles. The molecule has 1 rings (SSSR count). The minimum Gasteiger partial charge on any atom is -0.480 e. The van der Waals surface area contributed by atoms with Crippen LogP contribution >= 0.6 is 11.8 Å². The third-order valence-electron chi connectivity index (χ3n) is 2.85. The van der Waals surface area contributed by atoms with Crippen molar-refractivity contribution in [1.29, 1.82) is 0 Å². The molecular weight excluding hydrogens is 238 g/mol. The van der Waals surface area contributed by atoms with Crippen molar-refractivity contribution < 1.29 is 14.7 Å². The van der Waals surface area contributed by atoms with E-state index in [4.69, 9.17) is 5.11 Å². The van der Waals surface area contributed by atoms with Gasteiger partial charge in [-0.25, -0.2) is 4.79 Å². The first-order valence-corrected chi connectivity index (χ1v) is 7.27. The highest BCUT2D eigenvalue weighted by Gasteiger charge is 2.26. The molecular formula is C12H21NO3S. The van der Waals surface area contributed by atoms with Crippen LogP contribution in [0.2, 0.25) is 0 Å². The Bertz CT molecular complexity index is 275. The van der Waals surface area contributed by atoms with Crippen LogP contribution in [0.25, 0.3) is 0 Å². The maximum atomic E-state index is 11.9. The normalized spacial score (nSPS) is 22.2. The average molecular weight is 259 g/mol. The van der Waals surface area contributed by atoms with Gasteiger partial charge in [-0.3, -0.25) is 4.79 Å². The molecule has 2 N–H and O–H groups in total. The molecule has 0 bridgehead atoms. The number of carbonyl (C=O) groups excluding carboxylic acids is 1. The Kier molecular flexibility index (Phi) is 5.82. The number of hydrogen-bond donors (Lipinski definition) is 2. The molecule has 1 saturated heterocycles. The van der Waals surface area contributed by atoms with E-state index in [-0.39, 0.29) is 17.7 Å². The summed E-state index contributed by atoms with van der Waals surface area (Å²) < 4.78 is 0. The highest BCUT2D eigenvalue weighted by molar-refractivity contribution is 7.99. The largest absolute Gasteiger partial charge is 0.480 e. The van der Waals surface area contributed by atoms with Crippen molar-refractivity contribution >= 4 is 23.6 Å². The van der Waals surface area contributed by atoms with E-state index >= 15 is 0 Å². The lowest BCUT2D eigenvalue weighted by Gasteiger charge is -2.23. The smallest absolute Gasteiger partial charge is 0.326 e. The summed E-state index contributed by atoms with van der Waals surface area (Å²) in [7, 11) is 0. The van der Waals surface area contributed by atoms with Gasteiger partial charge in [0, 0.05) is 11.7 Å². The van der Waals surface area contributed by atoms with Crippen LogP contribution in [-0.2, 0) is 9.59 Å². The quantitative estimate of drug-likeness (QED) is 0.789. The fraction of sp³-hybridized carbons (Fsp3) is 0.833. The molecule has 4 nitrogen and oxygen atoms in total. The highest BCUT2D eigenvalue weighted by Crippen LogP contribution is 2.22. The molecule has 0 radical (unpaired) electrons. The fourth-order valence-corrected chi connectivity index (χ4v) is 3.07. The Morgan fingerprint density at radius 3 is 2.65 bits per heavy atom. The number of aliphatic carboxylic acids is 1. The van der Waals surface area contributed by atoms with Gasteiger partial charge in [0.25, 0.3) is 0 Å². The summed E-state index contributed by atoms with van der Waals surface area (Å²) in [5.41, 5.74) is 0. The van der Waals surface area contributed by atoms with Crippen LogP contribution in [-0.4, -0.2) is 34.5 Å². The van der Waals surface area contributed by atoms with E-state index in [0.717, 1.165) is 24.3 Å². The van der Waals surface area contributed by atoms with Crippen molar-refractivity contribution in [3.8, 4) is 0 Å². The van der Waals surface area contributed by atoms with Gasteiger partial charge in [0.1, 0.15) is 6.04 Å². The zero-order valence-corrected chi connectivity index (χ0v) is 11.3. The lowest BCUT2D eigenvalue weighted by atomic mass is 10.0. The predicted octanol–water partition coefficient (Wildman–Crippen LogP) is 1.75. The number of carbonyl (C=O) groups is 2. The first kappa shape index (κ1) is 14.4. The second-order valence-electron chi connectivity index (χ2n) is 4.94. The van der Waals surface area contributed by atoms with Crippen LogP contribution in [0.3, 0.4) is 0 Å². The second-order valence-corrected chi connectivity index (χ2v) is 6.09. The SMILES string of the molecule is CC(C)C[C@@H](NC(=O)C1CCCSC1)C(=O)O. The number of thioether (sulfide) groups is 1. The van der Waals surface area contributed by atoms with Gasteiger partial charge in [-0.05, 0) is 30.9 Å². The second kappa shape index (κ2) is 6.89. The zero-order chi connectivity index (χ0) is 12.8. The molecule has 0 aromatic heterocycles. The van der Waals surface area contributed by atoms with Crippen LogP contribution in [0.5, 0.6) is 0 Å². The van der Waals surface area contributed by atoms with Crippen molar-refractivity contribution in [1.82, 2.24) is 5.32 Å². The number of carboxylic acids is 1. The lowest BCUT2D eigenvalue weighted by molar-refractivity contribution is -0.142. The van der Waals surface area contributed by atoms with Gasteiger partial charge in [0.05, 0.1) is 0 Å². The average Bonchev–Trinajstić information content (AvgIpc) is 2.28. The van der Waals surface area contributed by atoms with Gasteiger partial charge in [-0.1, -0.05) is 13.8 Å². The summed E-state index contributed by atoms with van der Waals surface area (Å²) in [6, 6.07) is -0.741. The molecule has 0 spiro atoms. The minimum absolute atomic E-state index is 0.0113. The number of hydrogen-bond acceptors (Lipinski definition) is 3. The summed E-state index contributed by atoms with van der Waals surface area (Å²) in [6.07, 6.45) is 2.42. The van der Waals surface area contributed by atoms with Gasteiger partial charge >= 0.3 is 5.97 Å². The van der Waals surface area contributed by atoms with Gasteiger partial charge in [-0.15, -0.1) is 0 Å². The zero-order valence-electron chi connectivity index (χ0n) is 10.4. The van der Waals surface area contributed by atoms with E-state index in [9.17, 15) is 9.59 Å². The maximum Gasteiger partial charge on any atom is 0.326 e. The summed E-state index contributed by atoms with van der Waals surface area (Å²) in [5, 5.41) is 11.7. The van der Waals surface area contributed by atoms with Crippen LogP contribution in [0.1, 0.15) is 33.1 Å². The maximum absolute atomic E-state index is 11.9. The lowest BCUT2D eigenvalue weighted by Crippen LogP contribution is -2.45. The molecule has 17 heavy (non-hydrogen) atoms. The Morgan fingerprint density at radius 1 is 1.47 bits per heavy atom. The van der Waals surface area contributed by atoms with E-state index in [1.165, 1.54) is 0 Å². The molecule has 0 aromatic rings. The summed E-state index contributed by atoms with van der Waals surface area (Å²) >= 11 is 1.77. The van der Waals surface area contributed by atoms with Gasteiger partial charge in [-0.2, -0.15) is 11.8 Å². The fourth-order valence-electron chi connectivity index (χ4n) is 1.93. The van der Waals surface area contributed by atoms with E-state index in [1.807, 2.05) is 13.8 Å². The van der Waals surface area contributed by atoms with Crippen LogP contribution in [0.4, 0.5) is 0 Å². The summed E-state index contributed by atoms with van der Waals surface area (Å²) in [4.78, 5) is 22.9. The first-order valence-electron chi connectivity index (χ1n) is 6.11. The standard InChI is InChI=1S/C12H21NO3S/c1-8(2)6-10(12(15)16)13-11(14)9-4-3-5-17-7-9/h8-10H,3-7H2,1-2H3,(H,13,14)(H,15,16)/t9?,10-/m1/s1. The number of nitrogens with one attached hydrogen (secondary N) is 1. The third-order valence-corrected chi connectivity index (χ3v) is 4.07. The first-order chi connectivity index (χ1) is 8.00. The van der Waals surface area contributed by atoms with E-state index in [0.29, 0.717) is 6.42 Å². The molecule has 1 amide bonds. The topological polar surface area (TPSA) is 66.4 Å². The Morgan fingerprint density at radius 2 is 2.18 bits per heavy atom. The van der Waals surface area contributed by atoms with Crippen molar-refractivity contribution in [3.63, 3.8) is 0 Å². The third kappa shape index (κ3) is 4.98. The molecule has 1 fully saturated rings. The number of amides is 1. The van der Waals surface area contributed by atoms with E-state index in [2.05, 4.69) is 5.32 Å². The molecule has 0 aromatic carbocycles. The predicted molar refractivity (Wildman–Crippen MR) is 69.1 cm³/mol. The van der Waals surface area contributed by atoms with Gasteiger partial charge in [0.15, 0.2) is 0 Å². The van der Waals surface area contributed by atoms with E-state index < -0.39 is 12.0 Å². The van der Waals surface area contributed by atoms with Crippen molar-refractivity contribution in [2.24, 2.45) is 11.8 Å². The number of rotatable bonds is 5. The van der Waals surface area contributed by atoms with E-state index in [1.54, 1.807) is 11.8 Å². The minimum atomic E-state index is -0.935. The summed E-state index contributed by atoms with van der Waals surface area (Å²) in [6.45, 7) is 3.91. The molecule has 1 aliphatic rings. The molecule has 5 heteroatoms. The molecule has 2 atom stereocenters. The Balaban J connectivity index is 2.47. The molecule has 1 heterocycles. The highest BCUT2D eigenvalue weighted by atomic mass is 32.2. The molecule has 98 valence electrons. The van der Waals surface area contributed by atoms with Crippen LogP contribution in [0.15, 0.2) is 0 Å². The number of carboxylic acid groups (broad SMARTS) is 1. The molecule has 1 aliphatic heterocycles. The van der Waals surface area contributed by atoms with Gasteiger partial charge in [0.2, 0.25) is 5.91 Å². The van der Waals surface area contributed by atoms with Crippen molar-refractivity contribution in [2.45, 2.75) is 39.2 Å². The summed E-state index contributed by atoms with van der Waals surface area (Å²) in [5.74, 6) is 1.15. The van der Waals surface area contributed by atoms with Crippen LogP contribution < -0.4 is 5.32 Å². The van der Waals surface area contributed by atoms with Crippen LogP contribution in [0, 0.1) is 11.8 Å². The van der Waals surface area contributed by atoms with Crippen molar-refractivity contribution in [3.05, 3.63) is 0 Å². The molecule has 0 saturated carbocycles. The monoisotopic (exact) mass is 259 g/mol. The Labute approximate surface area is 107 Å². The molecule has 1 unspecified atom stereocenters. The van der Waals surface area contributed by atoms with Gasteiger partial charge < -0.3 is 10.4 Å². The Hall–Kier alpha value is -0.710.